The quantitative estimate of drug-likeness (QED) is 0.608. The van der Waals surface area contributed by atoms with Gasteiger partial charge in [-0.15, -0.1) is 22.0 Å². The van der Waals surface area contributed by atoms with E-state index in [0.717, 1.165) is 0 Å². The summed E-state index contributed by atoms with van der Waals surface area (Å²) in [5.74, 6) is -0.521. The molecular weight excluding hydrogens is 332 g/mol. The SMILES string of the molecule is CC(C)(C)C(=O)OCC1(C2N3C(=O)C(N)C3SC2(C)C)N=NN=N1. The topological polar surface area (TPSA) is 122 Å². The highest BCUT2D eigenvalue weighted by Gasteiger charge is 2.67. The molecule has 0 spiro atoms. The molecule has 9 nitrogen and oxygen atoms in total. The molecule has 3 aliphatic rings. The van der Waals surface area contributed by atoms with Crippen LogP contribution < -0.4 is 5.73 Å². The van der Waals surface area contributed by atoms with E-state index in [1.54, 1.807) is 37.4 Å². The van der Waals surface area contributed by atoms with Crippen molar-refractivity contribution in [3.8, 4) is 0 Å². The first-order valence-corrected chi connectivity index (χ1v) is 8.64. The van der Waals surface area contributed by atoms with E-state index in [4.69, 9.17) is 10.5 Å². The smallest absolute Gasteiger partial charge is 0.311 e. The van der Waals surface area contributed by atoms with Crippen LogP contribution in [0.1, 0.15) is 34.6 Å². The third kappa shape index (κ3) is 2.43. The van der Waals surface area contributed by atoms with E-state index in [0.29, 0.717) is 0 Å². The number of fused-ring (bicyclic) bond motifs is 1. The fourth-order valence-corrected chi connectivity index (χ4v) is 4.91. The molecule has 0 aromatic heterocycles. The number of ether oxygens (including phenoxy) is 1. The number of β-lactam (4-membered cyclic amide) rings is 1. The van der Waals surface area contributed by atoms with Crippen LogP contribution >= 0.6 is 11.8 Å². The van der Waals surface area contributed by atoms with Gasteiger partial charge in [-0.25, -0.2) is 0 Å². The van der Waals surface area contributed by atoms with E-state index in [9.17, 15) is 9.59 Å². The predicted molar refractivity (Wildman–Crippen MR) is 86.9 cm³/mol. The number of amides is 1. The Hall–Kier alpha value is -1.55. The van der Waals surface area contributed by atoms with Gasteiger partial charge < -0.3 is 15.4 Å². The van der Waals surface area contributed by atoms with Crippen molar-refractivity contribution in [2.45, 2.75) is 62.5 Å². The third-order valence-corrected chi connectivity index (χ3v) is 6.02. The van der Waals surface area contributed by atoms with E-state index >= 15 is 0 Å². The van der Waals surface area contributed by atoms with Crippen molar-refractivity contribution < 1.29 is 14.3 Å². The Bertz CT molecular complexity index is 629. The summed E-state index contributed by atoms with van der Waals surface area (Å²) < 4.78 is 5.06. The molecule has 132 valence electrons. The number of hydrogen-bond acceptors (Lipinski definition) is 9. The zero-order valence-electron chi connectivity index (χ0n) is 14.4. The second kappa shape index (κ2) is 5.22. The van der Waals surface area contributed by atoms with E-state index in [-0.39, 0.29) is 28.6 Å². The van der Waals surface area contributed by atoms with Crippen LogP contribution in [0.2, 0.25) is 0 Å². The van der Waals surface area contributed by atoms with Crippen LogP contribution in [0.15, 0.2) is 20.7 Å². The van der Waals surface area contributed by atoms with Crippen LogP contribution in [0.5, 0.6) is 0 Å². The number of carbonyl (C=O) groups is 2. The van der Waals surface area contributed by atoms with Crippen molar-refractivity contribution in [1.82, 2.24) is 4.90 Å². The molecule has 0 aliphatic carbocycles. The number of esters is 1. The molecule has 3 unspecified atom stereocenters. The molecule has 24 heavy (non-hydrogen) atoms. The van der Waals surface area contributed by atoms with Crippen LogP contribution in [-0.2, 0) is 14.3 Å². The predicted octanol–water partition coefficient (Wildman–Crippen LogP) is 1.49. The van der Waals surface area contributed by atoms with Gasteiger partial charge in [0.1, 0.15) is 18.0 Å². The molecule has 0 aromatic carbocycles. The van der Waals surface area contributed by atoms with Crippen molar-refractivity contribution in [1.29, 1.82) is 0 Å². The maximum Gasteiger partial charge on any atom is 0.311 e. The Balaban J connectivity index is 1.88. The molecular formula is C14H22N6O3S. The molecule has 2 fully saturated rings. The Morgan fingerprint density at radius 3 is 2.46 bits per heavy atom. The Labute approximate surface area is 144 Å². The molecule has 0 bridgehead atoms. The van der Waals surface area contributed by atoms with Gasteiger partial charge in [-0.3, -0.25) is 9.59 Å². The van der Waals surface area contributed by atoms with Crippen molar-refractivity contribution in [3.63, 3.8) is 0 Å². The molecule has 0 radical (unpaired) electrons. The van der Waals surface area contributed by atoms with E-state index in [1.807, 2.05) is 13.8 Å². The Kier molecular flexibility index (Phi) is 3.76. The molecule has 0 saturated carbocycles. The molecule has 3 rings (SSSR count). The summed E-state index contributed by atoms with van der Waals surface area (Å²) in [5, 5.41) is 15.4. The van der Waals surface area contributed by atoms with Crippen LogP contribution in [0, 0.1) is 5.41 Å². The lowest BCUT2D eigenvalue weighted by atomic mass is 9.86. The molecule has 3 heterocycles. The lowest BCUT2D eigenvalue weighted by Gasteiger charge is -2.46. The highest BCUT2D eigenvalue weighted by Crippen LogP contribution is 2.55. The van der Waals surface area contributed by atoms with E-state index < -0.39 is 23.2 Å². The van der Waals surface area contributed by atoms with Gasteiger partial charge >= 0.3 is 5.97 Å². The number of hydrogen-bond donors (Lipinski definition) is 1. The fourth-order valence-electron chi connectivity index (χ4n) is 3.25. The summed E-state index contributed by atoms with van der Waals surface area (Å²) in [6.07, 6.45) is 0. The second-order valence-electron chi connectivity index (χ2n) is 7.87. The van der Waals surface area contributed by atoms with Crippen LogP contribution in [0.4, 0.5) is 0 Å². The van der Waals surface area contributed by atoms with Crippen molar-refractivity contribution in [3.05, 3.63) is 0 Å². The standard InChI is InChI=1S/C14H22N6O3S/c1-12(2,3)11(22)23-6-14(16-18-19-17-14)10-13(4,5)24-9-7(15)8(21)20(9)10/h7,9-10H,6,15H2,1-5H3. The minimum atomic E-state index is -1.22. The van der Waals surface area contributed by atoms with Crippen LogP contribution in [-0.4, -0.2) is 51.3 Å². The molecule has 3 atom stereocenters. The maximum atomic E-state index is 12.3. The number of nitrogens with two attached hydrogens (primary N) is 1. The first-order chi connectivity index (χ1) is 11.0. The lowest BCUT2D eigenvalue weighted by molar-refractivity contribution is -0.158. The fraction of sp³-hybridized carbons (Fsp3) is 0.857. The summed E-state index contributed by atoms with van der Waals surface area (Å²) in [7, 11) is 0. The third-order valence-electron chi connectivity index (χ3n) is 4.42. The van der Waals surface area contributed by atoms with E-state index in [2.05, 4.69) is 20.7 Å². The van der Waals surface area contributed by atoms with Gasteiger partial charge in [-0.05, 0) is 45.1 Å². The first-order valence-electron chi connectivity index (χ1n) is 7.76. The zero-order valence-corrected chi connectivity index (χ0v) is 15.2. The van der Waals surface area contributed by atoms with Gasteiger partial charge in [-0.2, -0.15) is 0 Å². The molecule has 3 aliphatic heterocycles. The number of nitrogens with zero attached hydrogens (tertiary/aromatic N) is 5. The summed E-state index contributed by atoms with van der Waals surface area (Å²) >= 11 is 1.60. The lowest BCUT2D eigenvalue weighted by Crippen LogP contribution is -2.71. The van der Waals surface area contributed by atoms with Gasteiger partial charge in [0.05, 0.1) is 11.5 Å². The summed E-state index contributed by atoms with van der Waals surface area (Å²) in [4.78, 5) is 26.1. The highest BCUT2D eigenvalue weighted by atomic mass is 32.2. The zero-order chi connectivity index (χ0) is 17.9. The minimum Gasteiger partial charge on any atom is -0.460 e. The molecule has 2 saturated heterocycles. The highest BCUT2D eigenvalue weighted by molar-refractivity contribution is 8.01. The van der Waals surface area contributed by atoms with Crippen LogP contribution in [0.25, 0.3) is 0 Å². The monoisotopic (exact) mass is 354 g/mol. The second-order valence-corrected chi connectivity index (χ2v) is 9.64. The normalized spacial score (nSPS) is 32.7. The maximum absolute atomic E-state index is 12.3. The summed E-state index contributed by atoms with van der Waals surface area (Å²) in [6, 6.07) is -0.959. The van der Waals surface area contributed by atoms with Gasteiger partial charge in [0.25, 0.3) is 0 Å². The number of thioether (sulfide) groups is 1. The number of carbonyl (C=O) groups excluding carboxylic acids is 2. The van der Waals surface area contributed by atoms with Gasteiger partial charge in [0, 0.05) is 4.75 Å². The Morgan fingerprint density at radius 2 is 1.92 bits per heavy atom. The first kappa shape index (κ1) is 17.3. The molecule has 0 aromatic rings. The molecule has 10 heteroatoms. The van der Waals surface area contributed by atoms with Gasteiger partial charge in [0.15, 0.2) is 0 Å². The molecule has 1 amide bonds. The number of rotatable bonds is 3. The summed E-state index contributed by atoms with van der Waals surface area (Å²) in [6.45, 7) is 9.18. The average Bonchev–Trinajstić information content (AvgIpc) is 3.04. The van der Waals surface area contributed by atoms with Crippen molar-refractivity contribution >= 4 is 23.6 Å². The van der Waals surface area contributed by atoms with Crippen molar-refractivity contribution in [2.24, 2.45) is 31.8 Å². The molecule has 2 N–H and O–H groups in total. The van der Waals surface area contributed by atoms with Crippen LogP contribution in [0.3, 0.4) is 0 Å². The average molecular weight is 354 g/mol. The van der Waals surface area contributed by atoms with Crippen molar-refractivity contribution in [2.75, 3.05) is 6.61 Å². The minimum absolute atomic E-state index is 0.115. The van der Waals surface area contributed by atoms with Gasteiger partial charge in [-0.1, -0.05) is 0 Å². The summed E-state index contributed by atoms with van der Waals surface area (Å²) in [5.41, 5.74) is 4.04. The van der Waals surface area contributed by atoms with E-state index in [1.165, 1.54) is 0 Å². The largest absolute Gasteiger partial charge is 0.460 e. The van der Waals surface area contributed by atoms with Gasteiger partial charge in [0.2, 0.25) is 11.6 Å². The Morgan fingerprint density at radius 1 is 1.33 bits per heavy atom.